The molecule has 0 aromatic heterocycles. The first kappa shape index (κ1) is 10.5. The number of alkyl halides is 3. The minimum absolute atomic E-state index is 0.0653. The molecule has 0 saturated heterocycles. The average Bonchev–Trinajstić information content (AvgIpc) is 2.97. The Morgan fingerprint density at radius 1 is 1.13 bits per heavy atom. The second-order valence-electron chi connectivity index (χ2n) is 3.91. The molecule has 0 heterocycles. The van der Waals surface area contributed by atoms with E-state index in [0.29, 0.717) is 0 Å². The molecule has 15 heavy (non-hydrogen) atoms. The molecule has 0 atom stereocenters. The molecule has 0 amide bonds. The summed E-state index contributed by atoms with van der Waals surface area (Å²) in [6.07, 6.45) is -2.25. The third kappa shape index (κ3) is 1.86. The van der Waals surface area contributed by atoms with Gasteiger partial charge in [0.25, 0.3) is 0 Å². The van der Waals surface area contributed by atoms with Gasteiger partial charge in [0.05, 0.1) is 5.56 Å². The molecule has 0 unspecified atom stereocenters. The fraction of sp³-hybridized carbons (Fsp3) is 0.455. The number of rotatable bonds is 2. The fourth-order valence-corrected chi connectivity index (χ4v) is 1.79. The van der Waals surface area contributed by atoms with Crippen LogP contribution in [0, 0.1) is 0 Å². The predicted molar refractivity (Wildman–Crippen MR) is 51.4 cm³/mol. The van der Waals surface area contributed by atoms with Crippen molar-refractivity contribution < 1.29 is 13.2 Å². The average molecular weight is 215 g/mol. The van der Waals surface area contributed by atoms with E-state index in [9.17, 15) is 13.2 Å². The zero-order valence-electron chi connectivity index (χ0n) is 8.36. The molecule has 0 bridgehead atoms. The van der Waals surface area contributed by atoms with Crippen molar-refractivity contribution in [3.05, 3.63) is 35.4 Å². The molecule has 0 spiro atoms. The molecule has 2 rings (SSSR count). The molecule has 1 N–H and O–H groups in total. The highest BCUT2D eigenvalue weighted by Gasteiger charge is 2.43. The monoisotopic (exact) mass is 215 g/mol. The zero-order valence-corrected chi connectivity index (χ0v) is 8.36. The molecule has 0 radical (unpaired) electrons. The molecule has 1 fully saturated rings. The Hall–Kier alpha value is -1.03. The largest absolute Gasteiger partial charge is 0.416 e. The van der Waals surface area contributed by atoms with Crippen LogP contribution in [0.25, 0.3) is 0 Å². The summed E-state index contributed by atoms with van der Waals surface area (Å²) in [5, 5.41) is 3.15. The van der Waals surface area contributed by atoms with E-state index in [-0.39, 0.29) is 5.54 Å². The van der Waals surface area contributed by atoms with E-state index >= 15 is 0 Å². The number of halogens is 3. The Balaban J connectivity index is 2.25. The minimum Gasteiger partial charge on any atom is -0.310 e. The first-order valence-electron chi connectivity index (χ1n) is 4.85. The van der Waals surface area contributed by atoms with Crippen LogP contribution in [0.3, 0.4) is 0 Å². The first-order chi connectivity index (χ1) is 6.98. The Bertz CT molecular complexity index is 349. The Labute approximate surface area is 86.3 Å². The van der Waals surface area contributed by atoms with Crippen LogP contribution in [0.5, 0.6) is 0 Å². The van der Waals surface area contributed by atoms with Crippen molar-refractivity contribution in [3.63, 3.8) is 0 Å². The van der Waals surface area contributed by atoms with Crippen LogP contribution in [0.4, 0.5) is 13.2 Å². The highest BCUT2D eigenvalue weighted by molar-refractivity contribution is 5.33. The highest BCUT2D eigenvalue weighted by atomic mass is 19.4. The number of hydrogen-bond donors (Lipinski definition) is 1. The van der Waals surface area contributed by atoms with Crippen LogP contribution in [-0.4, -0.2) is 7.05 Å². The van der Waals surface area contributed by atoms with Crippen molar-refractivity contribution >= 4 is 0 Å². The van der Waals surface area contributed by atoms with Gasteiger partial charge in [-0.05, 0) is 37.6 Å². The molecule has 1 aliphatic rings. The van der Waals surface area contributed by atoms with Gasteiger partial charge in [-0.1, -0.05) is 12.1 Å². The molecule has 4 heteroatoms. The second-order valence-corrected chi connectivity index (χ2v) is 3.91. The molecule has 1 saturated carbocycles. The molecule has 82 valence electrons. The molecular weight excluding hydrogens is 203 g/mol. The molecular formula is C11H12F3N. The maximum atomic E-state index is 12.3. The van der Waals surface area contributed by atoms with Crippen molar-refractivity contribution in [2.45, 2.75) is 24.6 Å². The predicted octanol–water partition coefficient (Wildman–Crippen LogP) is 2.91. The third-order valence-electron chi connectivity index (χ3n) is 2.99. The maximum absolute atomic E-state index is 12.3. The van der Waals surface area contributed by atoms with Gasteiger partial charge in [0.2, 0.25) is 0 Å². The topological polar surface area (TPSA) is 12.0 Å². The van der Waals surface area contributed by atoms with E-state index in [1.54, 1.807) is 12.1 Å². The van der Waals surface area contributed by atoms with Crippen LogP contribution in [0.15, 0.2) is 24.3 Å². The lowest BCUT2D eigenvalue weighted by molar-refractivity contribution is -0.137. The van der Waals surface area contributed by atoms with E-state index in [1.165, 1.54) is 0 Å². The maximum Gasteiger partial charge on any atom is 0.416 e. The van der Waals surface area contributed by atoms with E-state index in [4.69, 9.17) is 0 Å². The van der Waals surface area contributed by atoms with Gasteiger partial charge in [-0.2, -0.15) is 13.2 Å². The van der Waals surface area contributed by atoms with Crippen LogP contribution < -0.4 is 5.32 Å². The lowest BCUT2D eigenvalue weighted by Gasteiger charge is -2.15. The van der Waals surface area contributed by atoms with Gasteiger partial charge in [0.15, 0.2) is 0 Å². The first-order valence-corrected chi connectivity index (χ1v) is 4.85. The SMILES string of the molecule is CNC1(c2ccc(C(F)(F)F)cc2)CC1. The standard InChI is InChI=1S/C11H12F3N/c1-15-10(6-7-10)8-2-4-9(5-3-8)11(12,13)14/h2-5,15H,6-7H2,1H3. The molecule has 0 aliphatic heterocycles. The number of nitrogens with one attached hydrogen (secondary N) is 1. The van der Waals surface area contributed by atoms with Gasteiger partial charge >= 0.3 is 6.18 Å². The van der Waals surface area contributed by atoms with Crippen LogP contribution in [0.2, 0.25) is 0 Å². The van der Waals surface area contributed by atoms with E-state index in [2.05, 4.69) is 5.32 Å². The zero-order chi connectivity index (χ0) is 11.1. The number of benzene rings is 1. The normalized spacial score (nSPS) is 18.9. The Morgan fingerprint density at radius 2 is 1.67 bits per heavy atom. The summed E-state index contributed by atoms with van der Waals surface area (Å²) in [5.74, 6) is 0. The van der Waals surface area contributed by atoms with E-state index < -0.39 is 11.7 Å². The summed E-state index contributed by atoms with van der Waals surface area (Å²) in [6.45, 7) is 0. The Morgan fingerprint density at radius 3 is 2.00 bits per heavy atom. The summed E-state index contributed by atoms with van der Waals surface area (Å²) in [4.78, 5) is 0. The van der Waals surface area contributed by atoms with Crippen molar-refractivity contribution in [1.29, 1.82) is 0 Å². The summed E-state index contributed by atoms with van der Waals surface area (Å²) in [7, 11) is 1.84. The summed E-state index contributed by atoms with van der Waals surface area (Å²) in [6, 6.07) is 5.41. The van der Waals surface area contributed by atoms with E-state index in [0.717, 1.165) is 30.5 Å². The minimum atomic E-state index is -4.24. The van der Waals surface area contributed by atoms with Crippen LogP contribution in [-0.2, 0) is 11.7 Å². The van der Waals surface area contributed by atoms with E-state index in [1.807, 2.05) is 7.05 Å². The van der Waals surface area contributed by atoms with Crippen molar-refractivity contribution in [1.82, 2.24) is 5.32 Å². The lowest BCUT2D eigenvalue weighted by Crippen LogP contribution is -2.24. The van der Waals surface area contributed by atoms with Crippen LogP contribution >= 0.6 is 0 Å². The molecule has 1 nitrogen and oxygen atoms in total. The van der Waals surface area contributed by atoms with Crippen molar-refractivity contribution in [2.75, 3.05) is 7.05 Å². The second kappa shape index (κ2) is 3.23. The lowest BCUT2D eigenvalue weighted by atomic mass is 10.0. The third-order valence-corrected chi connectivity index (χ3v) is 2.99. The van der Waals surface area contributed by atoms with Crippen molar-refractivity contribution in [3.8, 4) is 0 Å². The van der Waals surface area contributed by atoms with Crippen LogP contribution in [0.1, 0.15) is 24.0 Å². The molecule has 1 aromatic rings. The highest BCUT2D eigenvalue weighted by Crippen LogP contribution is 2.45. The van der Waals surface area contributed by atoms with Gasteiger partial charge in [-0.15, -0.1) is 0 Å². The Kier molecular flexibility index (Phi) is 2.26. The smallest absolute Gasteiger partial charge is 0.310 e. The fourth-order valence-electron chi connectivity index (χ4n) is 1.79. The summed E-state index contributed by atoms with van der Waals surface area (Å²) < 4.78 is 36.9. The van der Waals surface area contributed by atoms with Crippen molar-refractivity contribution in [2.24, 2.45) is 0 Å². The van der Waals surface area contributed by atoms with Gasteiger partial charge in [0, 0.05) is 5.54 Å². The quantitative estimate of drug-likeness (QED) is 0.799. The van der Waals surface area contributed by atoms with Gasteiger partial charge in [0.1, 0.15) is 0 Å². The number of hydrogen-bond acceptors (Lipinski definition) is 1. The van der Waals surface area contributed by atoms with Gasteiger partial charge in [-0.3, -0.25) is 0 Å². The van der Waals surface area contributed by atoms with Gasteiger partial charge in [-0.25, -0.2) is 0 Å². The van der Waals surface area contributed by atoms with Gasteiger partial charge < -0.3 is 5.32 Å². The summed E-state index contributed by atoms with van der Waals surface area (Å²) in [5.41, 5.74) is 0.292. The molecule has 1 aliphatic carbocycles. The molecule has 1 aromatic carbocycles. The summed E-state index contributed by atoms with van der Waals surface area (Å²) >= 11 is 0.